The second-order valence-corrected chi connectivity index (χ2v) is 14.8. The molecule has 0 fully saturated rings. The van der Waals surface area contributed by atoms with Crippen molar-refractivity contribution < 1.29 is 26.2 Å². The van der Waals surface area contributed by atoms with E-state index in [2.05, 4.69) is 126 Å². The van der Waals surface area contributed by atoms with Gasteiger partial charge in [0.1, 0.15) is 11.6 Å². The van der Waals surface area contributed by atoms with E-state index in [1.807, 2.05) is 48.7 Å². The van der Waals surface area contributed by atoms with Gasteiger partial charge >= 0.3 is 0 Å². The molecule has 0 radical (unpaired) electrons. The van der Waals surface area contributed by atoms with Crippen LogP contribution in [0.4, 0.5) is 0 Å². The number of para-hydroxylation sites is 2. The van der Waals surface area contributed by atoms with Crippen LogP contribution in [0.3, 0.4) is 0 Å². The van der Waals surface area contributed by atoms with Gasteiger partial charge < -0.3 is 5.11 Å². The van der Waals surface area contributed by atoms with Gasteiger partial charge in [0.15, 0.2) is 0 Å². The third kappa shape index (κ3) is 6.95. The number of phenolic OH excluding ortho intramolecular Hbond substituents is 1. The minimum Gasteiger partial charge on any atom is -0.507 e. The second kappa shape index (κ2) is 14.4. The van der Waals surface area contributed by atoms with Gasteiger partial charge in [0.05, 0.1) is 22.3 Å². The summed E-state index contributed by atoms with van der Waals surface area (Å²) in [5.41, 5.74) is 13.1. The summed E-state index contributed by atoms with van der Waals surface area (Å²) in [5, 5.41) is 11.3. The van der Waals surface area contributed by atoms with Gasteiger partial charge in [0.2, 0.25) is 0 Å². The number of phenols is 1. The zero-order valence-electron chi connectivity index (χ0n) is 30.3. The van der Waals surface area contributed by atoms with Gasteiger partial charge in [0.25, 0.3) is 0 Å². The van der Waals surface area contributed by atoms with E-state index in [1.165, 1.54) is 16.7 Å². The van der Waals surface area contributed by atoms with Crippen molar-refractivity contribution in [2.24, 2.45) is 0 Å². The maximum Gasteiger partial charge on any atom is 0.148 e. The minimum atomic E-state index is -0.160. The Hall–Kier alpha value is -4.79. The standard InChI is InChI=1S/C46H44N3O.Pt/c1-29(2)36-19-15-20-37(30(3)4)44(36)49-41-28-35(46(5,6)7)27-39(43(41)48-45(49)38-18-11-12-22-42(38)50)33-24-32(31-16-9-8-10-17-31)25-34(26-33)40-21-13-14-23-47-40;/h8-25,27-30,50H,1-7H3;/q-1;. The van der Waals surface area contributed by atoms with Crippen LogP contribution in [0.5, 0.6) is 5.75 Å². The van der Waals surface area contributed by atoms with Gasteiger partial charge in [-0.25, -0.2) is 4.98 Å². The molecule has 7 aromatic rings. The molecule has 5 heteroatoms. The Bertz CT molecular complexity index is 2230. The smallest absolute Gasteiger partial charge is 0.148 e. The third-order valence-corrected chi connectivity index (χ3v) is 9.54. The molecule has 0 bridgehead atoms. The van der Waals surface area contributed by atoms with Gasteiger partial charge in [-0.3, -0.25) is 9.55 Å². The predicted octanol–water partition coefficient (Wildman–Crippen LogP) is 12.1. The zero-order chi connectivity index (χ0) is 35.2. The zero-order valence-corrected chi connectivity index (χ0v) is 32.6. The van der Waals surface area contributed by atoms with Crippen molar-refractivity contribution in [1.82, 2.24) is 14.5 Å². The summed E-state index contributed by atoms with van der Waals surface area (Å²) >= 11 is 0. The van der Waals surface area contributed by atoms with Gasteiger partial charge in [-0.05, 0) is 63.8 Å². The van der Waals surface area contributed by atoms with Gasteiger partial charge in [-0.2, -0.15) is 0 Å². The molecule has 5 aromatic carbocycles. The molecule has 0 saturated heterocycles. The summed E-state index contributed by atoms with van der Waals surface area (Å²) in [7, 11) is 0. The molecule has 0 saturated carbocycles. The van der Waals surface area contributed by atoms with Gasteiger partial charge in [0, 0.05) is 33.0 Å². The fraction of sp³-hybridized carbons (Fsp3) is 0.217. The molecule has 4 nitrogen and oxygen atoms in total. The van der Waals surface area contributed by atoms with Gasteiger partial charge in [-0.1, -0.05) is 144 Å². The Kier molecular flexibility index (Phi) is 10.2. The molecule has 2 heterocycles. The summed E-state index contributed by atoms with van der Waals surface area (Å²) < 4.78 is 2.31. The topological polar surface area (TPSA) is 50.9 Å². The number of nitrogens with zero attached hydrogens (tertiary/aromatic N) is 3. The Labute approximate surface area is 316 Å². The average molecular weight is 850 g/mol. The normalized spacial score (nSPS) is 11.7. The summed E-state index contributed by atoms with van der Waals surface area (Å²) in [5.74, 6) is 1.44. The molecule has 7 rings (SSSR count). The maximum atomic E-state index is 11.3. The Balaban J connectivity index is 0.00000448. The maximum absolute atomic E-state index is 11.3. The SMILES string of the molecule is CC(C)c1cccc(C(C)C)c1-n1c(-c2ccccc2O)nc2c(-c3[c-]c(-c4ccccn4)cc(-c4ccccc4)c3)cc(C(C)(C)C)cc21.[Pt]. The summed E-state index contributed by atoms with van der Waals surface area (Å²) in [6.45, 7) is 15.8. The number of hydrogen-bond acceptors (Lipinski definition) is 3. The molecule has 0 aliphatic heterocycles. The van der Waals surface area contributed by atoms with Crippen LogP contribution < -0.4 is 0 Å². The van der Waals surface area contributed by atoms with E-state index in [0.717, 1.165) is 50.2 Å². The van der Waals surface area contributed by atoms with Crippen molar-refractivity contribution in [2.75, 3.05) is 0 Å². The number of aromatic nitrogens is 3. The third-order valence-electron chi connectivity index (χ3n) is 9.54. The van der Waals surface area contributed by atoms with E-state index in [-0.39, 0.29) is 44.1 Å². The first kappa shape index (κ1) is 36.0. The van der Waals surface area contributed by atoms with Crippen LogP contribution in [-0.2, 0) is 26.5 Å². The number of imidazole rings is 1. The number of aromatic hydroxyl groups is 1. The van der Waals surface area contributed by atoms with Crippen LogP contribution in [-0.4, -0.2) is 19.6 Å². The van der Waals surface area contributed by atoms with E-state index in [4.69, 9.17) is 9.97 Å². The largest absolute Gasteiger partial charge is 0.507 e. The Morgan fingerprint density at radius 2 is 1.31 bits per heavy atom. The molecule has 0 spiro atoms. The summed E-state index contributed by atoms with van der Waals surface area (Å²) in [4.78, 5) is 10.2. The monoisotopic (exact) mass is 849 g/mol. The first-order valence-corrected chi connectivity index (χ1v) is 17.5. The quantitative estimate of drug-likeness (QED) is 0.163. The van der Waals surface area contributed by atoms with E-state index < -0.39 is 0 Å². The van der Waals surface area contributed by atoms with E-state index in [0.29, 0.717) is 11.4 Å². The van der Waals surface area contributed by atoms with E-state index >= 15 is 0 Å². The van der Waals surface area contributed by atoms with Crippen LogP contribution in [0.1, 0.15) is 77.0 Å². The molecule has 260 valence electrons. The number of benzene rings is 5. The van der Waals surface area contributed by atoms with Crippen molar-refractivity contribution in [2.45, 2.75) is 65.7 Å². The van der Waals surface area contributed by atoms with Crippen LogP contribution in [0.2, 0.25) is 0 Å². The van der Waals surface area contributed by atoms with E-state index in [9.17, 15) is 5.11 Å². The predicted molar refractivity (Wildman–Crippen MR) is 208 cm³/mol. The fourth-order valence-corrected chi connectivity index (χ4v) is 6.83. The molecule has 0 unspecified atom stereocenters. The molecule has 0 aliphatic rings. The number of fused-ring (bicyclic) bond motifs is 1. The molecule has 1 N–H and O–H groups in total. The van der Waals surface area contributed by atoms with Crippen molar-refractivity contribution in [3.63, 3.8) is 0 Å². The first-order chi connectivity index (χ1) is 24.0. The molecule has 0 atom stereocenters. The summed E-state index contributed by atoms with van der Waals surface area (Å²) in [6.07, 6.45) is 1.83. The average Bonchev–Trinajstić information content (AvgIpc) is 3.50. The number of pyridine rings is 1. The van der Waals surface area contributed by atoms with Crippen molar-refractivity contribution in [3.8, 4) is 56.3 Å². The molecule has 0 aliphatic carbocycles. The Morgan fingerprint density at radius 1 is 0.667 bits per heavy atom. The van der Waals surface area contributed by atoms with Crippen LogP contribution in [0.15, 0.2) is 121 Å². The number of hydrogen-bond donors (Lipinski definition) is 1. The van der Waals surface area contributed by atoms with E-state index in [1.54, 1.807) is 6.07 Å². The molecule has 51 heavy (non-hydrogen) atoms. The molecular formula is C46H44N3OPt-. The number of rotatable bonds is 7. The molecular weight excluding hydrogens is 806 g/mol. The summed E-state index contributed by atoms with van der Waals surface area (Å²) in [6, 6.07) is 43.4. The first-order valence-electron chi connectivity index (χ1n) is 17.5. The van der Waals surface area contributed by atoms with Gasteiger partial charge in [-0.15, -0.1) is 23.8 Å². The minimum absolute atomic E-state index is 0. The second-order valence-electron chi connectivity index (χ2n) is 14.8. The Morgan fingerprint density at radius 3 is 1.94 bits per heavy atom. The molecule has 0 amide bonds. The van der Waals surface area contributed by atoms with Crippen LogP contribution in [0, 0.1) is 6.07 Å². The van der Waals surface area contributed by atoms with Crippen LogP contribution in [0.25, 0.3) is 61.6 Å². The van der Waals surface area contributed by atoms with Crippen molar-refractivity contribution in [3.05, 3.63) is 144 Å². The van der Waals surface area contributed by atoms with Crippen molar-refractivity contribution in [1.29, 1.82) is 0 Å². The molecule has 2 aromatic heterocycles. The van der Waals surface area contributed by atoms with Crippen molar-refractivity contribution >= 4 is 11.0 Å². The van der Waals surface area contributed by atoms with Crippen LogP contribution >= 0.6 is 0 Å². The fourth-order valence-electron chi connectivity index (χ4n) is 6.83.